The van der Waals surface area contributed by atoms with E-state index >= 15 is 0 Å². The monoisotopic (exact) mass is 411 g/mol. The Morgan fingerprint density at radius 1 is 1.21 bits per heavy atom. The topological polar surface area (TPSA) is 109 Å². The van der Waals surface area contributed by atoms with Crippen molar-refractivity contribution in [1.29, 1.82) is 0 Å². The van der Waals surface area contributed by atoms with Crippen LogP contribution in [0.2, 0.25) is 0 Å². The van der Waals surface area contributed by atoms with Crippen molar-refractivity contribution >= 4 is 28.4 Å². The second-order valence-corrected chi connectivity index (χ2v) is 7.37. The Balaban J connectivity index is 2.22. The fourth-order valence-corrected chi connectivity index (χ4v) is 3.46. The number of nitrogens with one attached hydrogen (secondary N) is 1. The number of ketones is 1. The second-order valence-electron chi connectivity index (χ2n) is 6.13. The second kappa shape index (κ2) is 11.0. The number of carbonyl (C=O) groups is 2. The van der Waals surface area contributed by atoms with Crippen molar-refractivity contribution in [2.75, 3.05) is 6.61 Å². The van der Waals surface area contributed by atoms with Gasteiger partial charge in [0.05, 0.1) is 10.9 Å². The number of aryl methyl sites for hydroxylation is 1. The largest absolute Gasteiger partial charge is 0.453 e. The summed E-state index contributed by atoms with van der Waals surface area (Å²) in [6.45, 7) is 5.21. The average molecular weight is 411 g/mol. The normalized spacial score (nSPS) is 12.3. The highest BCUT2D eigenvalue weighted by Crippen LogP contribution is 2.20. The molecule has 0 saturated heterocycles. The van der Waals surface area contributed by atoms with Crippen molar-refractivity contribution in [2.45, 2.75) is 24.3 Å². The smallest absolute Gasteiger partial charge is 0.441 e. The zero-order valence-corrected chi connectivity index (χ0v) is 16.7. The summed E-state index contributed by atoms with van der Waals surface area (Å²) in [5, 5.41) is 0. The Kier molecular flexibility index (Phi) is 8.36. The molecule has 7 nitrogen and oxygen atoms in total. The molecule has 0 aromatic heterocycles. The van der Waals surface area contributed by atoms with Crippen LogP contribution in [0.5, 0.6) is 0 Å². The first kappa shape index (κ1) is 22.1. The van der Waals surface area contributed by atoms with E-state index in [0.29, 0.717) is 10.5 Å². The van der Waals surface area contributed by atoms with E-state index in [2.05, 4.69) is 16.1 Å². The minimum atomic E-state index is -1.60. The van der Waals surface area contributed by atoms with Gasteiger partial charge in [0, 0.05) is 6.42 Å². The summed E-state index contributed by atoms with van der Waals surface area (Å²) in [5.74, 6) is -1.80. The molecule has 0 aliphatic carbocycles. The third-order valence-corrected chi connectivity index (χ3v) is 5.16. The molecule has 0 amide bonds. The minimum Gasteiger partial charge on any atom is -0.453 e. The Hall–Kier alpha value is -3.19. The maximum absolute atomic E-state index is 12.7. The van der Waals surface area contributed by atoms with Crippen molar-refractivity contribution in [2.24, 2.45) is 0 Å². The lowest BCUT2D eigenvalue weighted by Crippen LogP contribution is -2.32. The van der Waals surface area contributed by atoms with Gasteiger partial charge in [-0.05, 0) is 24.6 Å². The Morgan fingerprint density at radius 2 is 1.86 bits per heavy atom. The van der Waals surface area contributed by atoms with Gasteiger partial charge in [-0.2, -0.15) is 4.79 Å². The summed E-state index contributed by atoms with van der Waals surface area (Å²) >= 11 is 0. The number of nitrogens with zero attached hydrogens (tertiary/aromatic N) is 2. The average Bonchev–Trinajstić information content (AvgIpc) is 2.73. The molecule has 2 rings (SSSR count). The molecule has 150 valence electrons. The van der Waals surface area contributed by atoms with Crippen molar-refractivity contribution in [1.82, 2.24) is 4.72 Å². The van der Waals surface area contributed by atoms with Crippen LogP contribution >= 0.6 is 0 Å². The predicted octanol–water partition coefficient (Wildman–Crippen LogP) is 2.71. The molecule has 0 radical (unpaired) electrons. The number of Topliss-reactive ketones (excluding diaryl/α,β-unsaturated/α-hetero) is 1. The van der Waals surface area contributed by atoms with Crippen LogP contribution in [-0.4, -0.2) is 33.1 Å². The van der Waals surface area contributed by atoms with E-state index in [9.17, 15) is 13.8 Å². The molecule has 0 saturated carbocycles. The van der Waals surface area contributed by atoms with Crippen LogP contribution in [0.4, 0.5) is 0 Å². The zero-order valence-electron chi connectivity index (χ0n) is 15.9. The number of esters is 1. The van der Waals surface area contributed by atoms with Crippen LogP contribution in [0.15, 0.2) is 72.1 Å². The number of hydrogen-bond acceptors (Lipinski definition) is 4. The van der Waals surface area contributed by atoms with Crippen LogP contribution < -0.4 is 4.72 Å². The van der Waals surface area contributed by atoms with Gasteiger partial charge in [-0.15, -0.1) is 0 Å². The van der Waals surface area contributed by atoms with E-state index in [1.54, 1.807) is 36.4 Å². The Bertz CT molecular complexity index is 952. The molecule has 0 fully saturated rings. The molecule has 8 heteroatoms. The lowest BCUT2D eigenvalue weighted by molar-refractivity contribution is -0.141. The van der Waals surface area contributed by atoms with E-state index in [1.807, 2.05) is 25.1 Å². The van der Waals surface area contributed by atoms with E-state index in [4.69, 9.17) is 10.3 Å². The molecule has 0 unspecified atom stereocenters. The van der Waals surface area contributed by atoms with Crippen LogP contribution in [0.3, 0.4) is 0 Å². The van der Waals surface area contributed by atoms with Crippen molar-refractivity contribution in [3.05, 3.63) is 83.9 Å². The molecule has 2 atom stereocenters. The molecule has 0 heterocycles. The number of ether oxygens (including phenoxy) is 1. The van der Waals surface area contributed by atoms with E-state index in [1.165, 1.54) is 6.08 Å². The number of hydrogen-bond donors (Lipinski definition) is 1. The summed E-state index contributed by atoms with van der Waals surface area (Å²) < 4.78 is 20.4. The molecule has 0 aliphatic rings. The predicted molar refractivity (Wildman–Crippen MR) is 109 cm³/mol. The van der Waals surface area contributed by atoms with E-state index in [0.717, 1.165) is 5.56 Å². The highest BCUT2D eigenvalue weighted by Gasteiger charge is 2.33. The maximum Gasteiger partial charge on any atom is 0.441 e. The van der Waals surface area contributed by atoms with Crippen LogP contribution in [0, 0.1) is 6.92 Å². The Labute approximate surface area is 171 Å². The quantitative estimate of drug-likeness (QED) is 0.162. The minimum absolute atomic E-state index is 0.122. The molecule has 29 heavy (non-hydrogen) atoms. The van der Waals surface area contributed by atoms with Gasteiger partial charge in [-0.1, -0.05) is 60.7 Å². The van der Waals surface area contributed by atoms with Gasteiger partial charge in [-0.25, -0.2) is 13.7 Å². The summed E-state index contributed by atoms with van der Waals surface area (Å²) in [4.78, 5) is 27.8. The zero-order chi connectivity index (χ0) is 21.2. The lowest BCUT2D eigenvalue weighted by atomic mass is 10.0. The van der Waals surface area contributed by atoms with E-state index < -0.39 is 34.5 Å². The number of rotatable bonds is 10. The molecule has 2 aromatic rings. The third kappa shape index (κ3) is 6.43. The van der Waals surface area contributed by atoms with Gasteiger partial charge < -0.3 is 10.3 Å². The number of benzene rings is 2. The lowest BCUT2D eigenvalue weighted by Gasteiger charge is -2.17. The van der Waals surface area contributed by atoms with Gasteiger partial charge in [0.25, 0.3) is 5.78 Å². The number of carbonyl (C=O) groups excluding carboxylic acids is 2. The first-order valence-electron chi connectivity index (χ1n) is 8.79. The fourth-order valence-electron chi connectivity index (χ4n) is 2.47. The van der Waals surface area contributed by atoms with Crippen molar-refractivity contribution in [3.8, 4) is 0 Å². The third-order valence-electron chi connectivity index (χ3n) is 3.97. The highest BCUT2D eigenvalue weighted by molar-refractivity contribution is 7.83. The van der Waals surface area contributed by atoms with Gasteiger partial charge >= 0.3 is 11.7 Å². The maximum atomic E-state index is 12.7. The van der Waals surface area contributed by atoms with Crippen molar-refractivity contribution in [3.63, 3.8) is 0 Å². The van der Waals surface area contributed by atoms with Gasteiger partial charge in [0.2, 0.25) is 0 Å². The van der Waals surface area contributed by atoms with Gasteiger partial charge in [0.1, 0.15) is 17.6 Å². The van der Waals surface area contributed by atoms with Crippen LogP contribution in [-0.2, 0) is 25.3 Å². The summed E-state index contributed by atoms with van der Waals surface area (Å²) in [6.07, 6.45) is 1.07. The van der Waals surface area contributed by atoms with Crippen LogP contribution in [0.1, 0.15) is 23.6 Å². The highest BCUT2D eigenvalue weighted by atomic mass is 32.2. The van der Waals surface area contributed by atoms with Gasteiger partial charge in [0.15, 0.2) is 0 Å². The molecular weight excluding hydrogens is 390 g/mol. The molecule has 0 aliphatic heterocycles. The molecule has 0 spiro atoms. The van der Waals surface area contributed by atoms with Crippen LogP contribution in [0.25, 0.3) is 5.53 Å². The standard InChI is InChI=1S/C21H21N3O4S/c1-3-13-28-21(26)20(23-22)19(25)14-18(16-7-5-4-6-8-16)24-29(27)17-11-9-15(2)10-12-17/h3-12,18,24H,1,13-14H2,2H3/t18-,29+/m1/s1. The summed E-state index contributed by atoms with van der Waals surface area (Å²) in [5.41, 5.74) is 10.1. The molecule has 2 aromatic carbocycles. The molecule has 1 N–H and O–H groups in total. The molecule has 0 bridgehead atoms. The SMILES string of the molecule is C=CCOC(=O)C(=[N+]=[N-])C(=O)C[C@@H](N[S@@](=O)c1ccc(C)cc1)c1ccccc1. The Morgan fingerprint density at radius 3 is 2.45 bits per heavy atom. The van der Waals surface area contributed by atoms with Gasteiger partial charge in [-0.3, -0.25) is 4.79 Å². The molecular formula is C21H21N3O4S. The van der Waals surface area contributed by atoms with E-state index in [-0.39, 0.29) is 13.0 Å². The summed E-state index contributed by atoms with van der Waals surface area (Å²) in [6, 6.07) is 15.4. The van der Waals surface area contributed by atoms with Crippen molar-refractivity contribution < 1.29 is 23.3 Å². The fraction of sp³-hybridized carbons (Fsp3) is 0.190. The first-order valence-corrected chi connectivity index (χ1v) is 9.94. The summed E-state index contributed by atoms with van der Waals surface area (Å²) in [7, 11) is -1.60. The first-order chi connectivity index (χ1) is 14.0.